The summed E-state index contributed by atoms with van der Waals surface area (Å²) in [5.41, 5.74) is 0.973. The average molecular weight is 592 g/mol. The molecule has 0 saturated carbocycles. The Morgan fingerprint density at radius 1 is 1.32 bits per heavy atom. The molecule has 1 aromatic carbocycles. The van der Waals surface area contributed by atoms with Gasteiger partial charge in [-0.05, 0) is 31.7 Å². The summed E-state index contributed by atoms with van der Waals surface area (Å²) >= 11 is 5.33. The Morgan fingerprint density at radius 2 is 2.05 bits per heavy atom. The fourth-order valence-electron chi connectivity index (χ4n) is 6.04. The number of thioether (sulfide) groups is 1. The van der Waals surface area contributed by atoms with Crippen LogP contribution in [0.3, 0.4) is 0 Å². The second-order valence-corrected chi connectivity index (χ2v) is 12.7. The Hall–Kier alpha value is -2.10. The molecule has 200 valence electrons. The molecule has 0 aromatic heterocycles. The van der Waals surface area contributed by atoms with Gasteiger partial charge in [0.15, 0.2) is 0 Å². The van der Waals surface area contributed by atoms with Crippen molar-refractivity contribution in [1.29, 1.82) is 0 Å². The minimum atomic E-state index is -0.801. The van der Waals surface area contributed by atoms with Gasteiger partial charge in [0, 0.05) is 23.2 Å². The van der Waals surface area contributed by atoms with Gasteiger partial charge in [-0.3, -0.25) is 14.4 Å². The maximum Gasteiger partial charge on any atom is 0.310 e. The normalized spacial score (nSPS) is 30.6. The largest absolute Gasteiger partial charge is 0.465 e. The zero-order valence-corrected chi connectivity index (χ0v) is 23.5. The van der Waals surface area contributed by atoms with Crippen LogP contribution < -0.4 is 0 Å². The second-order valence-electron chi connectivity index (χ2n) is 10.0. The van der Waals surface area contributed by atoms with Gasteiger partial charge in [-0.15, -0.1) is 24.9 Å². The summed E-state index contributed by atoms with van der Waals surface area (Å²) in [5.74, 6) is -2.14. The number of amides is 2. The summed E-state index contributed by atoms with van der Waals surface area (Å²) < 4.78 is 4.83. The molecule has 0 aliphatic carbocycles. The molecule has 3 aliphatic heterocycles. The predicted octanol–water partition coefficient (Wildman–Crippen LogP) is 3.56. The molecule has 2 bridgehead atoms. The third-order valence-electron chi connectivity index (χ3n) is 7.65. The molecule has 3 aliphatic rings. The third-order valence-corrected chi connectivity index (χ3v) is 10.9. The van der Waals surface area contributed by atoms with Crippen molar-refractivity contribution in [1.82, 2.24) is 9.80 Å². The van der Waals surface area contributed by atoms with Crippen molar-refractivity contribution in [3.63, 3.8) is 0 Å². The molecular weight excluding hydrogens is 556 g/mol. The number of unbranched alkanes of at least 4 members (excludes halogenated alkanes) is 1. The van der Waals surface area contributed by atoms with Crippen LogP contribution in [0.1, 0.15) is 31.7 Å². The van der Waals surface area contributed by atoms with Crippen molar-refractivity contribution in [3.8, 4) is 0 Å². The van der Waals surface area contributed by atoms with E-state index >= 15 is 0 Å². The van der Waals surface area contributed by atoms with Crippen molar-refractivity contribution < 1.29 is 24.2 Å². The topological polar surface area (TPSA) is 87.2 Å². The summed E-state index contributed by atoms with van der Waals surface area (Å²) in [7, 11) is 0. The van der Waals surface area contributed by atoms with Gasteiger partial charge in [0.2, 0.25) is 11.8 Å². The number of alkyl halides is 1. The van der Waals surface area contributed by atoms with Crippen LogP contribution in [0.4, 0.5) is 0 Å². The van der Waals surface area contributed by atoms with Gasteiger partial charge >= 0.3 is 5.97 Å². The van der Waals surface area contributed by atoms with Gasteiger partial charge < -0.3 is 19.6 Å². The monoisotopic (exact) mass is 590 g/mol. The first-order valence-electron chi connectivity index (χ1n) is 12.8. The molecule has 3 heterocycles. The number of hydrogen-bond donors (Lipinski definition) is 1. The molecule has 3 saturated heterocycles. The molecule has 3 fully saturated rings. The minimum Gasteiger partial charge on any atom is -0.465 e. The molecule has 0 radical (unpaired) electrons. The number of halogens is 1. The van der Waals surface area contributed by atoms with Crippen LogP contribution in [0, 0.1) is 11.8 Å². The minimum absolute atomic E-state index is 0.0334. The van der Waals surface area contributed by atoms with E-state index in [0.717, 1.165) is 12.0 Å². The summed E-state index contributed by atoms with van der Waals surface area (Å²) in [6.07, 6.45) is 5.45. The zero-order chi connectivity index (χ0) is 26.7. The number of esters is 1. The first-order chi connectivity index (χ1) is 17.8. The van der Waals surface area contributed by atoms with E-state index in [0.29, 0.717) is 25.9 Å². The van der Waals surface area contributed by atoms with Gasteiger partial charge in [-0.2, -0.15) is 0 Å². The van der Waals surface area contributed by atoms with E-state index in [1.807, 2.05) is 30.3 Å². The Labute approximate surface area is 231 Å². The molecule has 37 heavy (non-hydrogen) atoms. The maximum absolute atomic E-state index is 14.3. The highest BCUT2D eigenvalue weighted by Gasteiger charge is 2.76. The van der Waals surface area contributed by atoms with E-state index in [-0.39, 0.29) is 41.1 Å². The molecule has 1 N–H and O–H groups in total. The lowest BCUT2D eigenvalue weighted by molar-refractivity contribution is -0.154. The number of allylic oxidation sites excluding steroid dienone is 1. The Morgan fingerprint density at radius 3 is 2.70 bits per heavy atom. The number of rotatable bonds is 12. The first kappa shape index (κ1) is 27.9. The van der Waals surface area contributed by atoms with E-state index < -0.39 is 28.7 Å². The SMILES string of the molecule is C=CCCCOC(=O)[C@H]1[C@@H]2SC3(CC2Br)C(C(=O)N(CC=C)Cc2ccccc2)N([C@H](C)CO)C(=O)[C@H]13. The highest BCUT2D eigenvalue weighted by molar-refractivity contribution is 9.09. The lowest BCUT2D eigenvalue weighted by atomic mass is 9.71. The van der Waals surface area contributed by atoms with Crippen LogP contribution in [0.5, 0.6) is 0 Å². The number of ether oxygens (including phenoxy) is 1. The van der Waals surface area contributed by atoms with Crippen molar-refractivity contribution in [2.75, 3.05) is 19.8 Å². The van der Waals surface area contributed by atoms with E-state index in [9.17, 15) is 19.5 Å². The Kier molecular flexibility index (Phi) is 8.86. The fourth-order valence-corrected chi connectivity index (χ4v) is 9.62. The van der Waals surface area contributed by atoms with Gasteiger partial charge in [0.05, 0.1) is 35.8 Å². The average Bonchev–Trinajstić information content (AvgIpc) is 3.49. The van der Waals surface area contributed by atoms with Crippen LogP contribution >= 0.6 is 27.7 Å². The number of carbonyl (C=O) groups excluding carboxylic acids is 3. The molecule has 1 spiro atoms. The summed E-state index contributed by atoms with van der Waals surface area (Å²) in [6, 6.07) is 8.32. The van der Waals surface area contributed by atoms with E-state index in [4.69, 9.17) is 4.74 Å². The zero-order valence-electron chi connectivity index (χ0n) is 21.1. The number of aliphatic hydroxyl groups is 1. The highest BCUT2D eigenvalue weighted by atomic mass is 79.9. The summed E-state index contributed by atoms with van der Waals surface area (Å²) in [6.45, 7) is 9.97. The lowest BCUT2D eigenvalue weighted by Gasteiger charge is -2.39. The molecule has 7 nitrogen and oxygen atoms in total. The smallest absolute Gasteiger partial charge is 0.310 e. The van der Waals surface area contributed by atoms with Crippen molar-refractivity contribution in [2.45, 2.75) is 59.6 Å². The second kappa shape index (κ2) is 11.7. The molecule has 9 heteroatoms. The highest BCUT2D eigenvalue weighted by Crippen LogP contribution is 2.68. The van der Waals surface area contributed by atoms with Crippen LogP contribution in [-0.2, 0) is 25.7 Å². The molecule has 1 aromatic rings. The van der Waals surface area contributed by atoms with Gasteiger partial charge in [-0.1, -0.05) is 58.4 Å². The molecule has 3 unspecified atom stereocenters. The third kappa shape index (κ3) is 5.02. The number of benzene rings is 1. The number of aliphatic hydroxyl groups excluding tert-OH is 1. The lowest BCUT2D eigenvalue weighted by Crippen LogP contribution is -2.57. The first-order valence-corrected chi connectivity index (χ1v) is 14.6. The van der Waals surface area contributed by atoms with E-state index in [1.54, 1.807) is 40.6 Å². The molecular formula is C28H35BrN2O5S. The summed E-state index contributed by atoms with van der Waals surface area (Å²) in [4.78, 5) is 44.9. The molecule has 7 atom stereocenters. The van der Waals surface area contributed by atoms with Crippen LogP contribution in [0.25, 0.3) is 0 Å². The number of hydrogen-bond acceptors (Lipinski definition) is 6. The number of carbonyl (C=O) groups is 3. The van der Waals surface area contributed by atoms with Crippen LogP contribution in [0.15, 0.2) is 55.6 Å². The number of fused-ring (bicyclic) bond motifs is 1. The molecule has 2 amide bonds. The predicted molar refractivity (Wildman–Crippen MR) is 148 cm³/mol. The standard InChI is InChI=1S/C28H35BrN2O5S/c1-4-6-10-14-36-27(35)21-22-25(33)31(18(3)17-32)24(28(22)15-20(29)23(21)37-28)26(34)30(13-5-2)16-19-11-8-7-9-12-19/h4-5,7-9,11-12,18,20-24,32H,1-2,6,10,13-17H2,3H3/t18-,20?,21-,22+,23-,24?,28?/m1/s1. The fraction of sp³-hybridized carbons (Fsp3) is 0.536. The van der Waals surface area contributed by atoms with E-state index in [1.165, 1.54) is 0 Å². The van der Waals surface area contributed by atoms with Crippen molar-refractivity contribution in [2.24, 2.45) is 11.8 Å². The van der Waals surface area contributed by atoms with Gasteiger partial charge in [0.25, 0.3) is 0 Å². The van der Waals surface area contributed by atoms with Crippen LogP contribution in [-0.4, -0.2) is 79.4 Å². The van der Waals surface area contributed by atoms with E-state index in [2.05, 4.69) is 29.1 Å². The quantitative estimate of drug-likeness (QED) is 0.173. The summed E-state index contributed by atoms with van der Waals surface area (Å²) in [5, 5.41) is 9.90. The Bertz CT molecular complexity index is 1040. The van der Waals surface area contributed by atoms with Crippen molar-refractivity contribution in [3.05, 3.63) is 61.2 Å². The number of nitrogens with zero attached hydrogens (tertiary/aromatic N) is 2. The maximum atomic E-state index is 14.3. The molecule has 4 rings (SSSR count). The van der Waals surface area contributed by atoms with Gasteiger partial charge in [-0.25, -0.2) is 0 Å². The van der Waals surface area contributed by atoms with Crippen molar-refractivity contribution >= 4 is 45.5 Å². The number of likely N-dealkylation sites (tertiary alicyclic amines) is 1. The van der Waals surface area contributed by atoms with Gasteiger partial charge in [0.1, 0.15) is 6.04 Å². The Balaban J connectivity index is 1.69. The van der Waals surface area contributed by atoms with Crippen LogP contribution in [0.2, 0.25) is 0 Å².